The number of anilines is 2. The Morgan fingerprint density at radius 2 is 1.35 bits per heavy atom. The van der Waals surface area contributed by atoms with Crippen molar-refractivity contribution >= 4 is 99.0 Å². The molecule has 0 saturated carbocycles. The molecule has 0 bridgehead atoms. The number of likely N-dealkylation sites (tertiary alicyclic amines) is 1. The number of imidazole rings is 2. The standard InChI is InChI=1S/C53H66N16O13S/c1-8-68-36(19-28(3)62-68)47(74)60-52-58-33-21-30(45(55)72)23-38(81-7)43(33)66(52)15-10-11-16-67-44-34(59-53(67)61-48(75)37-20-29(4)63-69(37)9-2)22-31(46(56)73)24-39(44)82-18-12-14-64(5)49(76)35(26-80-6)57-41(70)13-17-65-42(71)25-40(50(65)77)83-27-32(54)51(78)79/h10-11,19-24,32,35,40H,8-9,12-18,25-27,54H2,1-7H3,(H2,55,72)(H2,56,73)(H,57,70)(H,78,79)(H,58,60,74)(H,59,61,75)/b11-10+/t32-,35-,40?/m0/s1. The number of amides is 8. The predicted octanol–water partition coefficient (Wildman–Crippen LogP) is 1.42. The second kappa shape index (κ2) is 27.1. The molecular formula is C53H66N16O13S. The number of fused-ring (bicyclic) bond motifs is 2. The van der Waals surface area contributed by atoms with Crippen LogP contribution in [-0.4, -0.2) is 177 Å². The summed E-state index contributed by atoms with van der Waals surface area (Å²) in [5.74, 6) is -5.54. The van der Waals surface area contributed by atoms with Gasteiger partial charge in [-0.3, -0.25) is 68.0 Å². The SMILES string of the molecule is CCn1nc(C)cc1C(=O)Nc1nc2cc(C(N)=O)cc(OC)c2n1C/C=C/Cn1c(NC(=O)c2cc(C)nn2CC)nc2cc(C(N)=O)cc(OCCCN(C)C(=O)[C@H](COC)NC(=O)CCN3C(=O)CC(SC[C@H](N)C(=O)O)C3=O)c21. The molecular weight excluding hydrogens is 1100 g/mol. The second-order valence-corrected chi connectivity index (χ2v) is 20.4. The zero-order valence-corrected chi connectivity index (χ0v) is 47.6. The zero-order chi connectivity index (χ0) is 60.4. The summed E-state index contributed by atoms with van der Waals surface area (Å²) in [5.41, 5.74) is 20.3. The summed E-state index contributed by atoms with van der Waals surface area (Å²) in [6.45, 7) is 7.72. The van der Waals surface area contributed by atoms with E-state index in [2.05, 4.69) is 31.1 Å². The van der Waals surface area contributed by atoms with E-state index < -0.39 is 70.6 Å². The van der Waals surface area contributed by atoms with Crippen LogP contribution in [0.3, 0.4) is 0 Å². The molecule has 0 radical (unpaired) electrons. The molecule has 7 rings (SSSR count). The van der Waals surface area contributed by atoms with Gasteiger partial charge < -0.3 is 55.9 Å². The number of nitrogens with one attached hydrogen (secondary N) is 3. The maximum atomic E-state index is 14.0. The third-order valence-electron chi connectivity index (χ3n) is 13.3. The summed E-state index contributed by atoms with van der Waals surface area (Å²) in [4.78, 5) is 128. The molecule has 1 aliphatic rings. The molecule has 0 spiro atoms. The monoisotopic (exact) mass is 1170 g/mol. The number of methoxy groups -OCH3 is 2. The quantitative estimate of drug-likeness (QED) is 0.0198. The summed E-state index contributed by atoms with van der Waals surface area (Å²) < 4.78 is 23.7. The lowest BCUT2D eigenvalue weighted by Crippen LogP contribution is -2.50. The van der Waals surface area contributed by atoms with Crippen molar-refractivity contribution in [3.8, 4) is 11.5 Å². The molecule has 1 aliphatic heterocycles. The Labute approximate surface area is 479 Å². The fourth-order valence-corrected chi connectivity index (χ4v) is 10.3. The predicted molar refractivity (Wildman–Crippen MR) is 303 cm³/mol. The highest BCUT2D eigenvalue weighted by Gasteiger charge is 2.39. The van der Waals surface area contributed by atoms with E-state index in [0.29, 0.717) is 46.7 Å². The van der Waals surface area contributed by atoms with Crippen molar-refractivity contribution in [1.29, 1.82) is 0 Å². The number of imide groups is 1. The largest absolute Gasteiger partial charge is 0.494 e. The van der Waals surface area contributed by atoms with Gasteiger partial charge in [-0.1, -0.05) is 12.2 Å². The number of hydrogen-bond donors (Lipinski definition) is 7. The molecule has 442 valence electrons. The fraction of sp³-hybridized carbons (Fsp3) is 0.415. The van der Waals surface area contributed by atoms with Gasteiger partial charge in [0.1, 0.15) is 46.0 Å². The number of nitrogens with two attached hydrogens (primary N) is 3. The Morgan fingerprint density at radius 3 is 1.84 bits per heavy atom. The van der Waals surface area contributed by atoms with E-state index in [1.165, 1.54) is 55.1 Å². The molecule has 8 amide bonds. The first-order valence-corrected chi connectivity index (χ1v) is 27.3. The summed E-state index contributed by atoms with van der Waals surface area (Å²) in [7, 11) is 4.29. The molecule has 1 unspecified atom stereocenters. The smallest absolute Gasteiger partial charge is 0.321 e. The van der Waals surface area contributed by atoms with E-state index >= 15 is 0 Å². The van der Waals surface area contributed by atoms with E-state index in [0.717, 1.165) is 16.7 Å². The van der Waals surface area contributed by atoms with E-state index in [9.17, 15) is 43.2 Å². The van der Waals surface area contributed by atoms with E-state index in [-0.39, 0.29) is 110 Å². The van der Waals surface area contributed by atoms with Gasteiger partial charge in [-0.2, -0.15) is 10.2 Å². The number of aromatic nitrogens is 8. The van der Waals surface area contributed by atoms with E-state index in [1.54, 1.807) is 51.9 Å². The van der Waals surface area contributed by atoms with Gasteiger partial charge in [-0.25, -0.2) is 9.97 Å². The van der Waals surface area contributed by atoms with Crippen LogP contribution in [0.2, 0.25) is 0 Å². The molecule has 0 aliphatic carbocycles. The van der Waals surface area contributed by atoms with Crippen molar-refractivity contribution < 1.29 is 62.5 Å². The van der Waals surface area contributed by atoms with Crippen molar-refractivity contribution in [1.82, 2.24) is 53.8 Å². The molecule has 2 aromatic carbocycles. The fourth-order valence-electron chi connectivity index (χ4n) is 9.18. The van der Waals surface area contributed by atoms with Crippen LogP contribution in [0.25, 0.3) is 22.1 Å². The highest BCUT2D eigenvalue weighted by molar-refractivity contribution is 8.00. The number of ether oxygens (including phenoxy) is 3. The molecule has 6 aromatic rings. The van der Waals surface area contributed by atoms with Crippen LogP contribution in [-0.2, 0) is 54.9 Å². The number of carbonyl (C=O) groups is 9. The number of aliphatic carboxylic acids is 1. The molecule has 83 heavy (non-hydrogen) atoms. The minimum Gasteiger partial charge on any atom is -0.494 e. The van der Waals surface area contributed by atoms with Crippen molar-refractivity contribution in [3.05, 3.63) is 82.5 Å². The normalized spacial score (nSPS) is 14.1. The van der Waals surface area contributed by atoms with Gasteiger partial charge in [-0.15, -0.1) is 11.8 Å². The highest BCUT2D eigenvalue weighted by atomic mass is 32.2. The molecule has 10 N–H and O–H groups in total. The molecule has 4 aromatic heterocycles. The minimum atomic E-state index is -1.24. The van der Waals surface area contributed by atoms with Crippen molar-refractivity contribution in [2.24, 2.45) is 17.2 Å². The number of allylic oxidation sites excluding steroid dienone is 2. The summed E-state index contributed by atoms with van der Waals surface area (Å²) in [6.07, 6.45) is 3.26. The Kier molecular flexibility index (Phi) is 20.0. The molecule has 29 nitrogen and oxygen atoms in total. The van der Waals surface area contributed by atoms with Gasteiger partial charge >= 0.3 is 5.97 Å². The summed E-state index contributed by atoms with van der Waals surface area (Å²) >= 11 is 0.954. The molecule has 1 saturated heterocycles. The number of rotatable bonds is 29. The first kappa shape index (κ1) is 61.5. The van der Waals surface area contributed by atoms with Gasteiger partial charge in [0.15, 0.2) is 0 Å². The Morgan fingerprint density at radius 1 is 0.819 bits per heavy atom. The topological polar surface area (TPSA) is 393 Å². The third-order valence-corrected chi connectivity index (χ3v) is 14.6. The number of hydrogen-bond acceptors (Lipinski definition) is 18. The lowest BCUT2D eigenvalue weighted by molar-refractivity contribution is -0.140. The van der Waals surface area contributed by atoms with Gasteiger partial charge in [0.25, 0.3) is 11.8 Å². The highest BCUT2D eigenvalue weighted by Crippen LogP contribution is 2.34. The van der Waals surface area contributed by atoms with Gasteiger partial charge in [0.2, 0.25) is 47.3 Å². The molecule has 1 fully saturated rings. The van der Waals surface area contributed by atoms with Crippen molar-refractivity contribution in [3.63, 3.8) is 0 Å². The number of nitrogens with zero attached hydrogens (tertiary/aromatic N) is 10. The summed E-state index contributed by atoms with van der Waals surface area (Å²) in [6, 6.07) is 6.77. The van der Waals surface area contributed by atoms with E-state index in [1.807, 2.05) is 13.8 Å². The average Bonchev–Trinajstić information content (AvgIpc) is 4.43. The third kappa shape index (κ3) is 14.3. The zero-order valence-electron chi connectivity index (χ0n) is 46.8. The number of aryl methyl sites for hydroxylation is 4. The number of carboxylic acid groups (broad SMARTS) is 1. The molecule has 3 atom stereocenters. The summed E-state index contributed by atoms with van der Waals surface area (Å²) in [5, 5.41) is 25.4. The lowest BCUT2D eigenvalue weighted by atomic mass is 10.1. The maximum absolute atomic E-state index is 14.0. The van der Waals surface area contributed by atoms with Gasteiger partial charge in [-0.05, 0) is 70.5 Å². The average molecular weight is 1170 g/mol. The van der Waals surface area contributed by atoms with Crippen LogP contribution < -0.4 is 42.6 Å². The first-order valence-electron chi connectivity index (χ1n) is 26.3. The number of thioether (sulfide) groups is 1. The van der Waals surface area contributed by atoms with Crippen LogP contribution in [0.1, 0.15) is 86.2 Å². The van der Waals surface area contributed by atoms with Crippen LogP contribution in [0.15, 0.2) is 48.6 Å². The Bertz CT molecular complexity index is 3530. The van der Waals surface area contributed by atoms with Crippen LogP contribution in [0.5, 0.6) is 11.5 Å². The number of benzene rings is 2. The Balaban J connectivity index is 1.11. The van der Waals surface area contributed by atoms with Gasteiger partial charge in [0.05, 0.1) is 48.0 Å². The lowest BCUT2D eigenvalue weighted by Gasteiger charge is -2.24. The van der Waals surface area contributed by atoms with Crippen LogP contribution in [0, 0.1) is 13.8 Å². The number of carboxylic acids is 1. The Hall–Kier alpha value is -9.16. The van der Waals surface area contributed by atoms with Crippen molar-refractivity contribution in [2.75, 3.05) is 64.0 Å². The first-order chi connectivity index (χ1) is 39.6. The number of carbonyl (C=O) groups excluding carboxylic acids is 8. The second-order valence-electron chi connectivity index (χ2n) is 19.2. The van der Waals surface area contributed by atoms with Gasteiger partial charge in [0, 0.05) is 83.1 Å². The maximum Gasteiger partial charge on any atom is 0.321 e. The molecule has 5 heterocycles. The van der Waals surface area contributed by atoms with Crippen LogP contribution >= 0.6 is 11.8 Å². The number of primary amides is 2. The minimum absolute atomic E-state index is 0.0224. The van der Waals surface area contributed by atoms with Crippen molar-refractivity contribution in [2.45, 2.75) is 90.5 Å². The molecule has 30 heteroatoms. The van der Waals surface area contributed by atoms with Crippen LogP contribution in [0.4, 0.5) is 11.9 Å². The number of likely N-dealkylation sites (N-methyl/N-ethyl adjacent to an activating group) is 1. The van der Waals surface area contributed by atoms with E-state index in [4.69, 9.17) is 41.5 Å².